The molecule has 4 nitrogen and oxygen atoms in total. The summed E-state index contributed by atoms with van der Waals surface area (Å²) < 4.78 is 0. The molecule has 3 rings (SSSR count). The van der Waals surface area contributed by atoms with E-state index in [-0.39, 0.29) is 6.04 Å². The fraction of sp³-hybridized carbons (Fsp3) is 0.294. The monoisotopic (exact) mass is 312 g/mol. The Kier molecular flexibility index (Phi) is 4.09. The summed E-state index contributed by atoms with van der Waals surface area (Å²) in [6, 6.07) is 10.0. The molecule has 0 radical (unpaired) electrons. The van der Waals surface area contributed by atoms with Crippen LogP contribution in [0.1, 0.15) is 27.9 Å². The molecule has 0 saturated carbocycles. The number of nitrogens with two attached hydrogens (primary N) is 1. The summed E-state index contributed by atoms with van der Waals surface area (Å²) in [7, 11) is 0. The SMILES string of the molecule is Cc1nc(NCC(N)c2ccccc2)c2c(C)c(C)sc2n1. The van der Waals surface area contributed by atoms with Crippen molar-refractivity contribution in [3.05, 3.63) is 52.2 Å². The Bertz CT molecular complexity index is 795. The van der Waals surface area contributed by atoms with Gasteiger partial charge in [-0.2, -0.15) is 0 Å². The van der Waals surface area contributed by atoms with E-state index in [9.17, 15) is 0 Å². The molecule has 1 unspecified atom stereocenters. The van der Waals surface area contributed by atoms with E-state index in [0.29, 0.717) is 6.54 Å². The molecule has 0 spiro atoms. The molecule has 0 aliphatic heterocycles. The lowest BCUT2D eigenvalue weighted by molar-refractivity contribution is 0.762. The van der Waals surface area contributed by atoms with Crippen LogP contribution in [0, 0.1) is 20.8 Å². The van der Waals surface area contributed by atoms with Crippen molar-refractivity contribution >= 4 is 27.4 Å². The molecule has 114 valence electrons. The molecule has 0 bridgehead atoms. The lowest BCUT2D eigenvalue weighted by atomic mass is 10.1. The minimum atomic E-state index is -0.0634. The Morgan fingerprint density at radius 2 is 1.86 bits per heavy atom. The Morgan fingerprint density at radius 3 is 2.59 bits per heavy atom. The highest BCUT2D eigenvalue weighted by atomic mass is 32.1. The Morgan fingerprint density at radius 1 is 1.14 bits per heavy atom. The van der Waals surface area contributed by atoms with Gasteiger partial charge in [-0.25, -0.2) is 9.97 Å². The average molecular weight is 312 g/mol. The van der Waals surface area contributed by atoms with Crippen LogP contribution < -0.4 is 11.1 Å². The zero-order valence-corrected chi connectivity index (χ0v) is 13.9. The maximum Gasteiger partial charge on any atom is 0.138 e. The van der Waals surface area contributed by atoms with Gasteiger partial charge in [0.2, 0.25) is 0 Å². The van der Waals surface area contributed by atoms with Crippen LogP contribution in [0.2, 0.25) is 0 Å². The first-order valence-corrected chi connectivity index (χ1v) is 8.16. The van der Waals surface area contributed by atoms with Crippen LogP contribution in [0.25, 0.3) is 10.2 Å². The van der Waals surface area contributed by atoms with E-state index in [4.69, 9.17) is 5.73 Å². The Hall–Kier alpha value is -1.98. The van der Waals surface area contributed by atoms with E-state index in [1.807, 2.05) is 37.3 Å². The van der Waals surface area contributed by atoms with Gasteiger partial charge in [-0.3, -0.25) is 0 Å². The molecule has 3 N–H and O–H groups in total. The van der Waals surface area contributed by atoms with Crippen molar-refractivity contribution in [1.29, 1.82) is 0 Å². The summed E-state index contributed by atoms with van der Waals surface area (Å²) >= 11 is 1.72. The number of rotatable bonds is 4. The van der Waals surface area contributed by atoms with Crippen molar-refractivity contribution in [3.8, 4) is 0 Å². The van der Waals surface area contributed by atoms with Crippen molar-refractivity contribution in [2.75, 3.05) is 11.9 Å². The van der Waals surface area contributed by atoms with Crippen LogP contribution in [0.4, 0.5) is 5.82 Å². The minimum absolute atomic E-state index is 0.0634. The highest BCUT2D eigenvalue weighted by Gasteiger charge is 2.14. The number of aromatic nitrogens is 2. The van der Waals surface area contributed by atoms with Crippen LogP contribution in [0.15, 0.2) is 30.3 Å². The molecule has 2 heterocycles. The number of benzene rings is 1. The highest BCUT2D eigenvalue weighted by molar-refractivity contribution is 7.18. The number of hydrogen-bond donors (Lipinski definition) is 2. The smallest absolute Gasteiger partial charge is 0.138 e. The van der Waals surface area contributed by atoms with Gasteiger partial charge in [0, 0.05) is 17.5 Å². The zero-order chi connectivity index (χ0) is 15.7. The van der Waals surface area contributed by atoms with Crippen molar-refractivity contribution in [1.82, 2.24) is 9.97 Å². The number of nitrogens with one attached hydrogen (secondary N) is 1. The molecule has 1 aromatic carbocycles. The fourth-order valence-electron chi connectivity index (χ4n) is 2.51. The first-order chi connectivity index (χ1) is 10.6. The predicted octanol–water partition coefficient (Wildman–Crippen LogP) is 3.73. The third kappa shape index (κ3) is 2.82. The van der Waals surface area contributed by atoms with Crippen LogP contribution in [0.5, 0.6) is 0 Å². The normalized spacial score (nSPS) is 12.5. The van der Waals surface area contributed by atoms with E-state index in [0.717, 1.165) is 27.4 Å². The summed E-state index contributed by atoms with van der Waals surface area (Å²) in [5.74, 6) is 1.67. The predicted molar refractivity (Wildman–Crippen MR) is 93.5 cm³/mol. The van der Waals surface area contributed by atoms with Gasteiger partial charge in [0.25, 0.3) is 0 Å². The Balaban J connectivity index is 1.88. The lowest BCUT2D eigenvalue weighted by Gasteiger charge is -2.14. The first kappa shape index (κ1) is 14.9. The molecule has 0 aliphatic carbocycles. The van der Waals surface area contributed by atoms with Gasteiger partial charge in [0.05, 0.1) is 5.39 Å². The van der Waals surface area contributed by atoms with Gasteiger partial charge in [0.1, 0.15) is 16.5 Å². The number of hydrogen-bond acceptors (Lipinski definition) is 5. The first-order valence-electron chi connectivity index (χ1n) is 7.35. The van der Waals surface area contributed by atoms with Gasteiger partial charge in [-0.1, -0.05) is 30.3 Å². The Labute approximate surface area is 134 Å². The van der Waals surface area contributed by atoms with Gasteiger partial charge in [0.15, 0.2) is 0 Å². The maximum absolute atomic E-state index is 6.26. The third-order valence-electron chi connectivity index (χ3n) is 3.86. The number of thiophene rings is 1. The summed E-state index contributed by atoms with van der Waals surface area (Å²) in [5.41, 5.74) is 8.63. The number of aryl methyl sites for hydroxylation is 3. The van der Waals surface area contributed by atoms with Gasteiger partial charge < -0.3 is 11.1 Å². The van der Waals surface area contributed by atoms with E-state index in [2.05, 4.69) is 29.1 Å². The quantitative estimate of drug-likeness (QED) is 0.770. The minimum Gasteiger partial charge on any atom is -0.368 e. The molecule has 0 fully saturated rings. The molecule has 3 aromatic rings. The van der Waals surface area contributed by atoms with E-state index >= 15 is 0 Å². The standard InChI is InChI=1S/C17H20N4S/c1-10-11(2)22-17-15(10)16(20-12(3)21-17)19-9-14(18)13-7-5-4-6-8-13/h4-8,14H,9,18H2,1-3H3,(H,19,20,21). The van der Waals surface area contributed by atoms with Crippen molar-refractivity contribution in [3.63, 3.8) is 0 Å². The topological polar surface area (TPSA) is 63.8 Å². The maximum atomic E-state index is 6.26. The van der Waals surface area contributed by atoms with Gasteiger partial charge in [-0.05, 0) is 31.9 Å². The molecule has 22 heavy (non-hydrogen) atoms. The zero-order valence-electron chi connectivity index (χ0n) is 13.1. The van der Waals surface area contributed by atoms with Crippen LogP contribution in [0.3, 0.4) is 0 Å². The van der Waals surface area contributed by atoms with Crippen molar-refractivity contribution in [2.45, 2.75) is 26.8 Å². The van der Waals surface area contributed by atoms with E-state index < -0.39 is 0 Å². The second kappa shape index (κ2) is 6.02. The summed E-state index contributed by atoms with van der Waals surface area (Å²) in [6.07, 6.45) is 0. The molecule has 0 amide bonds. The van der Waals surface area contributed by atoms with Gasteiger partial charge >= 0.3 is 0 Å². The molecular weight excluding hydrogens is 292 g/mol. The summed E-state index contributed by atoms with van der Waals surface area (Å²) in [6.45, 7) is 6.81. The molecule has 2 aromatic heterocycles. The molecule has 5 heteroatoms. The summed E-state index contributed by atoms with van der Waals surface area (Å²) in [4.78, 5) is 11.4. The average Bonchev–Trinajstić information content (AvgIpc) is 2.80. The van der Waals surface area contributed by atoms with Crippen LogP contribution in [-0.4, -0.2) is 16.5 Å². The molecular formula is C17H20N4S. The van der Waals surface area contributed by atoms with Crippen LogP contribution >= 0.6 is 11.3 Å². The van der Waals surface area contributed by atoms with Gasteiger partial charge in [-0.15, -0.1) is 11.3 Å². The fourth-order valence-corrected chi connectivity index (χ4v) is 3.58. The van der Waals surface area contributed by atoms with E-state index in [1.165, 1.54) is 10.4 Å². The van der Waals surface area contributed by atoms with Crippen molar-refractivity contribution < 1.29 is 0 Å². The largest absolute Gasteiger partial charge is 0.368 e. The lowest BCUT2D eigenvalue weighted by Crippen LogP contribution is -2.21. The number of nitrogens with zero attached hydrogens (tertiary/aromatic N) is 2. The van der Waals surface area contributed by atoms with E-state index in [1.54, 1.807) is 11.3 Å². The second-order valence-corrected chi connectivity index (χ2v) is 6.68. The summed E-state index contributed by atoms with van der Waals surface area (Å²) in [5, 5.41) is 4.53. The third-order valence-corrected chi connectivity index (χ3v) is 4.96. The molecule has 1 atom stereocenters. The molecule has 0 aliphatic rings. The second-order valence-electron chi connectivity index (χ2n) is 5.48. The number of anilines is 1. The molecule has 0 saturated heterocycles. The van der Waals surface area contributed by atoms with Crippen LogP contribution in [-0.2, 0) is 0 Å². The number of fused-ring (bicyclic) bond motifs is 1. The highest BCUT2D eigenvalue weighted by Crippen LogP contribution is 2.33. The van der Waals surface area contributed by atoms with Crippen molar-refractivity contribution in [2.24, 2.45) is 5.73 Å².